The van der Waals surface area contributed by atoms with Gasteiger partial charge in [0.1, 0.15) is 13.2 Å². The van der Waals surface area contributed by atoms with Crippen LogP contribution in [0.1, 0.15) is 393 Å². The van der Waals surface area contributed by atoms with E-state index >= 15 is 0 Å². The topological polar surface area (TPSA) is 78.9 Å². The molecule has 83 heavy (non-hydrogen) atoms. The molecule has 0 saturated heterocycles. The van der Waals surface area contributed by atoms with E-state index in [1.54, 1.807) is 0 Å². The lowest BCUT2D eigenvalue weighted by molar-refractivity contribution is -0.167. The summed E-state index contributed by atoms with van der Waals surface area (Å²) in [6, 6.07) is 0. The van der Waals surface area contributed by atoms with Crippen LogP contribution < -0.4 is 0 Å². The third-order valence-electron chi connectivity index (χ3n) is 16.5. The van der Waals surface area contributed by atoms with Crippen LogP contribution in [0.2, 0.25) is 0 Å². The molecular formula is C77H140O6. The fourth-order valence-electron chi connectivity index (χ4n) is 11.0. The van der Waals surface area contributed by atoms with Crippen LogP contribution in [0.15, 0.2) is 60.8 Å². The Morgan fingerprint density at radius 2 is 0.470 bits per heavy atom. The quantitative estimate of drug-likeness (QED) is 0.0261. The minimum absolute atomic E-state index is 0.0705. The number of hydrogen-bond acceptors (Lipinski definition) is 6. The molecule has 0 heterocycles. The minimum Gasteiger partial charge on any atom is -0.462 e. The second kappa shape index (κ2) is 71.6. The summed E-state index contributed by atoms with van der Waals surface area (Å²) in [6.07, 6.45) is 93.3. The smallest absolute Gasteiger partial charge is 0.306 e. The monoisotopic (exact) mass is 1160 g/mol. The molecule has 0 radical (unpaired) electrons. The normalized spacial score (nSPS) is 12.4. The molecule has 0 aliphatic heterocycles. The van der Waals surface area contributed by atoms with Crippen molar-refractivity contribution in [3.8, 4) is 0 Å². The average molecular weight is 1160 g/mol. The zero-order chi connectivity index (χ0) is 59.9. The van der Waals surface area contributed by atoms with E-state index in [4.69, 9.17) is 14.2 Å². The lowest BCUT2D eigenvalue weighted by Crippen LogP contribution is -2.30. The highest BCUT2D eigenvalue weighted by Crippen LogP contribution is 2.19. The highest BCUT2D eigenvalue weighted by atomic mass is 16.6. The highest BCUT2D eigenvalue weighted by Gasteiger charge is 2.19. The predicted molar refractivity (Wildman–Crippen MR) is 362 cm³/mol. The second-order valence-electron chi connectivity index (χ2n) is 24.8. The SMILES string of the molecule is CC/C=C\C/C=C\C/C=C\C/C=C\CCCCCCCCCCCCCCC(=O)OC(COC(=O)CCCCCCC)COC(=O)CCCCCCCCCCCCCCCCCCCCCCCCC/C=C\CCCCCCCCCC. The van der Waals surface area contributed by atoms with Gasteiger partial charge in [0.25, 0.3) is 0 Å². The fraction of sp³-hybridized carbons (Fsp3) is 0.831. The van der Waals surface area contributed by atoms with Crippen molar-refractivity contribution in [1.29, 1.82) is 0 Å². The number of carbonyl (C=O) groups excluding carboxylic acids is 3. The summed E-state index contributed by atoms with van der Waals surface area (Å²) in [5.41, 5.74) is 0. The summed E-state index contributed by atoms with van der Waals surface area (Å²) in [6.45, 7) is 6.50. The molecule has 0 rings (SSSR count). The Bertz CT molecular complexity index is 1470. The zero-order valence-corrected chi connectivity index (χ0v) is 55.7. The van der Waals surface area contributed by atoms with Crippen LogP contribution in [-0.4, -0.2) is 37.2 Å². The van der Waals surface area contributed by atoms with Gasteiger partial charge in [-0.15, -0.1) is 0 Å². The molecule has 0 spiro atoms. The van der Waals surface area contributed by atoms with Gasteiger partial charge in [-0.3, -0.25) is 14.4 Å². The molecular weight excluding hydrogens is 1020 g/mol. The minimum atomic E-state index is -0.771. The van der Waals surface area contributed by atoms with Crippen molar-refractivity contribution in [2.24, 2.45) is 0 Å². The molecule has 0 aromatic carbocycles. The number of ether oxygens (including phenoxy) is 3. The van der Waals surface area contributed by atoms with Gasteiger partial charge in [-0.2, -0.15) is 0 Å². The van der Waals surface area contributed by atoms with Crippen molar-refractivity contribution in [2.45, 2.75) is 399 Å². The lowest BCUT2D eigenvalue weighted by atomic mass is 10.0. The van der Waals surface area contributed by atoms with E-state index in [1.165, 1.54) is 263 Å². The first-order valence-corrected chi connectivity index (χ1v) is 36.8. The van der Waals surface area contributed by atoms with E-state index in [2.05, 4.69) is 81.5 Å². The van der Waals surface area contributed by atoms with Gasteiger partial charge >= 0.3 is 17.9 Å². The first-order chi connectivity index (χ1) is 41.0. The molecule has 484 valence electrons. The maximum atomic E-state index is 12.9. The standard InChI is InChI=1S/C77H140O6/c1-4-7-10-13-15-17-19-21-23-25-27-29-31-33-34-35-36-37-38-39-40-41-42-44-45-47-49-51-53-55-57-59-61-64-67-70-76(79)82-73-74(72-81-75(78)69-66-63-12-9-6-3)83-77(80)71-68-65-62-60-58-56-54-52-50-48-46-43-32-30-28-26-24-22-20-18-16-14-11-8-5-2/h8,11,16,18,22,24-25,27-28,30,74H,4-7,9-10,12-15,17,19-21,23,26,29,31-73H2,1-3H3/b11-8-,18-16-,24-22-,27-25-,30-28-. The van der Waals surface area contributed by atoms with E-state index in [-0.39, 0.29) is 31.1 Å². The first kappa shape index (κ1) is 80.1. The van der Waals surface area contributed by atoms with Gasteiger partial charge in [0, 0.05) is 19.3 Å². The summed E-state index contributed by atoms with van der Waals surface area (Å²) in [5.74, 6) is -0.865. The van der Waals surface area contributed by atoms with Crippen molar-refractivity contribution in [3.63, 3.8) is 0 Å². The van der Waals surface area contributed by atoms with E-state index < -0.39 is 6.10 Å². The van der Waals surface area contributed by atoms with E-state index in [9.17, 15) is 14.4 Å². The molecule has 0 fully saturated rings. The Morgan fingerprint density at radius 3 is 0.747 bits per heavy atom. The molecule has 0 bridgehead atoms. The van der Waals surface area contributed by atoms with Gasteiger partial charge < -0.3 is 14.2 Å². The highest BCUT2D eigenvalue weighted by molar-refractivity contribution is 5.71. The van der Waals surface area contributed by atoms with Crippen LogP contribution in [0.5, 0.6) is 0 Å². The van der Waals surface area contributed by atoms with Gasteiger partial charge in [-0.1, -0.05) is 351 Å². The number of hydrogen-bond donors (Lipinski definition) is 0. The third kappa shape index (κ3) is 69.8. The summed E-state index contributed by atoms with van der Waals surface area (Å²) < 4.78 is 16.8. The molecule has 0 aromatic heterocycles. The Labute approximate surface area is 517 Å². The number of rotatable bonds is 68. The number of allylic oxidation sites excluding steroid dienone is 10. The Balaban J connectivity index is 3.88. The summed E-state index contributed by atoms with van der Waals surface area (Å²) in [7, 11) is 0. The molecule has 0 aromatic rings. The van der Waals surface area contributed by atoms with Crippen molar-refractivity contribution in [1.82, 2.24) is 0 Å². The van der Waals surface area contributed by atoms with Crippen LogP contribution in [0.4, 0.5) is 0 Å². The molecule has 0 aliphatic rings. The second-order valence-corrected chi connectivity index (χ2v) is 24.8. The fourth-order valence-corrected chi connectivity index (χ4v) is 11.0. The zero-order valence-electron chi connectivity index (χ0n) is 55.7. The predicted octanol–water partition coefficient (Wildman–Crippen LogP) is 25.5. The van der Waals surface area contributed by atoms with Crippen molar-refractivity contribution in [2.75, 3.05) is 13.2 Å². The summed E-state index contributed by atoms with van der Waals surface area (Å²) in [5, 5.41) is 0. The van der Waals surface area contributed by atoms with Gasteiger partial charge in [-0.05, 0) is 83.5 Å². The number of carbonyl (C=O) groups is 3. The Kier molecular flexibility index (Phi) is 69.1. The van der Waals surface area contributed by atoms with Crippen LogP contribution in [0, 0.1) is 0 Å². The maximum Gasteiger partial charge on any atom is 0.306 e. The van der Waals surface area contributed by atoms with Crippen molar-refractivity contribution >= 4 is 17.9 Å². The first-order valence-electron chi connectivity index (χ1n) is 36.8. The van der Waals surface area contributed by atoms with Crippen LogP contribution >= 0.6 is 0 Å². The van der Waals surface area contributed by atoms with Gasteiger partial charge in [-0.25, -0.2) is 0 Å². The van der Waals surface area contributed by atoms with E-state index in [0.29, 0.717) is 19.3 Å². The van der Waals surface area contributed by atoms with Crippen molar-refractivity contribution < 1.29 is 28.6 Å². The Hall–Kier alpha value is -2.89. The number of esters is 3. The van der Waals surface area contributed by atoms with Crippen LogP contribution in [0.25, 0.3) is 0 Å². The molecule has 6 heteroatoms. The van der Waals surface area contributed by atoms with Gasteiger partial charge in [0.15, 0.2) is 6.10 Å². The third-order valence-corrected chi connectivity index (χ3v) is 16.5. The van der Waals surface area contributed by atoms with E-state index in [0.717, 1.165) is 89.9 Å². The van der Waals surface area contributed by atoms with Gasteiger partial charge in [0.05, 0.1) is 0 Å². The molecule has 0 aliphatic carbocycles. The molecule has 0 N–H and O–H groups in total. The molecule has 0 saturated carbocycles. The van der Waals surface area contributed by atoms with Gasteiger partial charge in [0.2, 0.25) is 0 Å². The average Bonchev–Trinajstić information content (AvgIpc) is 3.49. The largest absolute Gasteiger partial charge is 0.462 e. The maximum absolute atomic E-state index is 12.9. The Morgan fingerprint density at radius 1 is 0.253 bits per heavy atom. The van der Waals surface area contributed by atoms with Crippen LogP contribution in [-0.2, 0) is 28.6 Å². The molecule has 1 atom stereocenters. The van der Waals surface area contributed by atoms with Crippen LogP contribution in [0.3, 0.4) is 0 Å². The lowest BCUT2D eigenvalue weighted by Gasteiger charge is -2.18. The number of unbranched alkanes of at least 4 members (excludes halogenated alkanes) is 47. The summed E-state index contributed by atoms with van der Waals surface area (Å²) in [4.78, 5) is 38.0. The van der Waals surface area contributed by atoms with E-state index in [1.807, 2.05) is 0 Å². The molecule has 6 nitrogen and oxygen atoms in total. The molecule has 1 unspecified atom stereocenters. The molecule has 0 amide bonds. The van der Waals surface area contributed by atoms with Crippen molar-refractivity contribution in [3.05, 3.63) is 60.8 Å². The summed E-state index contributed by atoms with van der Waals surface area (Å²) >= 11 is 0.